The molecule has 1 amide bonds. The number of halogens is 2. The van der Waals surface area contributed by atoms with Crippen LogP contribution in [0.4, 0.5) is 4.79 Å². The molecule has 25 heavy (non-hydrogen) atoms. The number of alkyl carbamates (subject to hydrolysis) is 1. The summed E-state index contributed by atoms with van der Waals surface area (Å²) >= 11 is 9.16. The summed E-state index contributed by atoms with van der Waals surface area (Å²) in [4.78, 5) is 15.7. The molecular formula is C15H21BrClN3O4S. The van der Waals surface area contributed by atoms with Crippen molar-refractivity contribution in [2.75, 3.05) is 13.1 Å². The number of carbonyl (C=O) groups is 1. The average Bonchev–Trinajstić information content (AvgIpc) is 2.48. The first kappa shape index (κ1) is 20.4. The second kappa shape index (κ2) is 7.77. The van der Waals surface area contributed by atoms with Crippen molar-refractivity contribution in [1.29, 1.82) is 0 Å². The van der Waals surface area contributed by atoms with Gasteiger partial charge in [-0.2, -0.15) is 4.31 Å². The normalized spacial score (nSPS) is 17.3. The van der Waals surface area contributed by atoms with E-state index in [9.17, 15) is 13.2 Å². The Bertz CT molecular complexity index is 744. The first-order chi connectivity index (χ1) is 11.5. The zero-order valence-electron chi connectivity index (χ0n) is 14.3. The molecule has 1 saturated heterocycles. The van der Waals surface area contributed by atoms with E-state index in [1.807, 2.05) is 0 Å². The number of piperidine rings is 1. The number of pyridine rings is 1. The van der Waals surface area contributed by atoms with Gasteiger partial charge in [-0.3, -0.25) is 0 Å². The lowest BCUT2D eigenvalue weighted by Gasteiger charge is -2.32. The predicted molar refractivity (Wildman–Crippen MR) is 98.1 cm³/mol. The summed E-state index contributed by atoms with van der Waals surface area (Å²) < 4.78 is 32.6. The topological polar surface area (TPSA) is 88.6 Å². The second-order valence-electron chi connectivity index (χ2n) is 6.77. The number of hydrogen-bond acceptors (Lipinski definition) is 5. The summed E-state index contributed by atoms with van der Waals surface area (Å²) in [6.45, 7) is 5.93. The molecule has 1 aromatic rings. The third kappa shape index (κ3) is 5.54. The van der Waals surface area contributed by atoms with Crippen LogP contribution in [0.3, 0.4) is 0 Å². The molecule has 1 fully saturated rings. The van der Waals surface area contributed by atoms with Crippen LogP contribution in [-0.4, -0.2) is 48.5 Å². The van der Waals surface area contributed by atoms with Crippen LogP contribution < -0.4 is 5.32 Å². The highest BCUT2D eigenvalue weighted by atomic mass is 79.9. The van der Waals surface area contributed by atoms with Crippen molar-refractivity contribution < 1.29 is 17.9 Å². The van der Waals surface area contributed by atoms with E-state index in [0.717, 1.165) is 0 Å². The van der Waals surface area contributed by atoms with Gasteiger partial charge in [0.25, 0.3) is 0 Å². The van der Waals surface area contributed by atoms with Gasteiger partial charge >= 0.3 is 6.09 Å². The second-order valence-corrected chi connectivity index (χ2v) is 9.95. The molecule has 0 radical (unpaired) electrons. The smallest absolute Gasteiger partial charge is 0.407 e. The number of carbonyl (C=O) groups excluding carboxylic acids is 1. The van der Waals surface area contributed by atoms with Crippen LogP contribution in [0.25, 0.3) is 0 Å². The first-order valence-corrected chi connectivity index (χ1v) is 10.4. The third-order valence-corrected chi connectivity index (χ3v) is 6.33. The zero-order valence-corrected chi connectivity index (χ0v) is 17.4. The predicted octanol–water partition coefficient (Wildman–Crippen LogP) is 3.18. The van der Waals surface area contributed by atoms with Gasteiger partial charge in [-0.25, -0.2) is 18.2 Å². The van der Waals surface area contributed by atoms with E-state index in [1.165, 1.54) is 16.6 Å². The molecule has 7 nitrogen and oxygen atoms in total. The SMILES string of the molecule is CC(C)(C)OC(=O)NC1CCN(S(=O)(=O)c2cc(Br)cnc2Cl)CC1. The molecule has 0 saturated carbocycles. The maximum atomic E-state index is 12.7. The molecule has 0 atom stereocenters. The van der Waals surface area contributed by atoms with Gasteiger partial charge in [-0.1, -0.05) is 11.6 Å². The van der Waals surface area contributed by atoms with Crippen molar-refractivity contribution in [2.45, 2.75) is 50.2 Å². The highest BCUT2D eigenvalue weighted by Crippen LogP contribution is 2.27. The largest absolute Gasteiger partial charge is 0.444 e. The van der Waals surface area contributed by atoms with E-state index in [4.69, 9.17) is 16.3 Å². The number of aromatic nitrogens is 1. The summed E-state index contributed by atoms with van der Waals surface area (Å²) in [5.74, 6) is 0. The molecule has 2 heterocycles. The van der Waals surface area contributed by atoms with E-state index in [-0.39, 0.29) is 29.2 Å². The highest BCUT2D eigenvalue weighted by molar-refractivity contribution is 9.10. The zero-order chi connectivity index (χ0) is 18.8. The molecule has 1 aromatic heterocycles. The molecule has 0 unspecified atom stereocenters. The summed E-state index contributed by atoms with van der Waals surface area (Å²) in [5, 5.41) is 2.72. The van der Waals surface area contributed by atoms with E-state index in [0.29, 0.717) is 17.3 Å². The van der Waals surface area contributed by atoms with E-state index in [1.54, 1.807) is 20.8 Å². The van der Waals surface area contributed by atoms with Crippen LogP contribution in [-0.2, 0) is 14.8 Å². The summed E-state index contributed by atoms with van der Waals surface area (Å²) in [5.41, 5.74) is -0.571. The number of sulfonamides is 1. The molecule has 1 aliphatic rings. The number of ether oxygens (including phenoxy) is 1. The van der Waals surface area contributed by atoms with Gasteiger partial charge in [0.2, 0.25) is 10.0 Å². The molecule has 1 N–H and O–H groups in total. The van der Waals surface area contributed by atoms with Crippen LogP contribution in [0, 0.1) is 0 Å². The minimum Gasteiger partial charge on any atom is -0.444 e. The standard InChI is InChI=1S/C15H21BrClN3O4S/c1-15(2,3)24-14(21)19-11-4-6-20(7-5-11)25(22,23)12-8-10(16)9-18-13(12)17/h8-9,11H,4-7H2,1-3H3,(H,19,21). The van der Waals surface area contributed by atoms with Crippen LogP contribution in [0.1, 0.15) is 33.6 Å². The van der Waals surface area contributed by atoms with E-state index in [2.05, 4.69) is 26.2 Å². The van der Waals surface area contributed by atoms with Crippen LogP contribution in [0.15, 0.2) is 21.6 Å². The fourth-order valence-corrected chi connectivity index (χ4v) is 4.83. The van der Waals surface area contributed by atoms with E-state index < -0.39 is 21.7 Å². The molecule has 0 bridgehead atoms. The Morgan fingerprint density at radius 2 is 2.00 bits per heavy atom. The van der Waals surface area contributed by atoms with Crippen molar-refractivity contribution in [1.82, 2.24) is 14.6 Å². The fraction of sp³-hybridized carbons (Fsp3) is 0.600. The van der Waals surface area contributed by atoms with Gasteiger partial charge in [0.05, 0.1) is 0 Å². The molecular weight excluding hydrogens is 434 g/mol. The maximum Gasteiger partial charge on any atom is 0.407 e. The fourth-order valence-electron chi connectivity index (χ4n) is 2.44. The third-order valence-electron chi connectivity index (χ3n) is 3.57. The van der Waals surface area contributed by atoms with Crippen molar-refractivity contribution in [3.05, 3.63) is 21.9 Å². The lowest BCUT2D eigenvalue weighted by Crippen LogP contribution is -2.47. The van der Waals surface area contributed by atoms with Gasteiger partial charge in [-0.05, 0) is 55.6 Å². The molecule has 140 valence electrons. The first-order valence-electron chi connectivity index (χ1n) is 7.80. The van der Waals surface area contributed by atoms with Gasteiger partial charge in [-0.15, -0.1) is 0 Å². The number of amides is 1. The van der Waals surface area contributed by atoms with E-state index >= 15 is 0 Å². The minimum absolute atomic E-state index is 0.0258. The Labute approximate surface area is 161 Å². The van der Waals surface area contributed by atoms with Gasteiger partial charge < -0.3 is 10.1 Å². The minimum atomic E-state index is -3.73. The number of nitrogens with zero attached hydrogens (tertiary/aromatic N) is 2. The van der Waals surface area contributed by atoms with Gasteiger partial charge in [0.1, 0.15) is 15.6 Å². The Hall–Kier alpha value is -0.900. The lowest BCUT2D eigenvalue weighted by molar-refractivity contribution is 0.0489. The van der Waals surface area contributed by atoms with Crippen molar-refractivity contribution >= 4 is 43.6 Å². The van der Waals surface area contributed by atoms with Crippen LogP contribution in [0.5, 0.6) is 0 Å². The highest BCUT2D eigenvalue weighted by Gasteiger charge is 2.32. The summed E-state index contributed by atoms with van der Waals surface area (Å²) in [7, 11) is -3.73. The van der Waals surface area contributed by atoms with Crippen molar-refractivity contribution in [2.24, 2.45) is 0 Å². The molecule has 0 aromatic carbocycles. The quantitative estimate of drug-likeness (QED) is 0.709. The Morgan fingerprint density at radius 1 is 1.40 bits per heavy atom. The van der Waals surface area contributed by atoms with Crippen LogP contribution >= 0.6 is 27.5 Å². The molecule has 1 aliphatic heterocycles. The Morgan fingerprint density at radius 3 is 2.56 bits per heavy atom. The number of hydrogen-bond donors (Lipinski definition) is 1. The molecule has 0 spiro atoms. The van der Waals surface area contributed by atoms with Gasteiger partial charge in [0, 0.05) is 29.8 Å². The Kier molecular flexibility index (Phi) is 6.35. The molecule has 10 heteroatoms. The van der Waals surface area contributed by atoms with Crippen molar-refractivity contribution in [3.63, 3.8) is 0 Å². The number of nitrogens with one attached hydrogen (secondary N) is 1. The molecule has 2 rings (SSSR count). The number of rotatable bonds is 3. The summed E-state index contributed by atoms with van der Waals surface area (Å²) in [6, 6.07) is 1.31. The van der Waals surface area contributed by atoms with Gasteiger partial charge in [0.15, 0.2) is 0 Å². The average molecular weight is 455 g/mol. The Balaban J connectivity index is 1.99. The summed E-state index contributed by atoms with van der Waals surface area (Å²) in [6.07, 6.45) is 1.95. The monoisotopic (exact) mass is 453 g/mol. The lowest BCUT2D eigenvalue weighted by atomic mass is 10.1. The van der Waals surface area contributed by atoms with Crippen LogP contribution in [0.2, 0.25) is 5.15 Å². The molecule has 0 aliphatic carbocycles. The van der Waals surface area contributed by atoms with Crippen molar-refractivity contribution in [3.8, 4) is 0 Å². The maximum absolute atomic E-state index is 12.7.